The normalized spacial score (nSPS) is 19.7. The Labute approximate surface area is 124 Å². The molecule has 1 aliphatic heterocycles. The van der Waals surface area contributed by atoms with E-state index in [1.165, 1.54) is 16.9 Å². The summed E-state index contributed by atoms with van der Waals surface area (Å²) >= 11 is 4.73. The van der Waals surface area contributed by atoms with Gasteiger partial charge in [-0.25, -0.2) is 0 Å². The molecule has 0 radical (unpaired) electrons. The highest BCUT2D eigenvalue weighted by atomic mass is 79.9. The third-order valence-electron chi connectivity index (χ3n) is 3.13. The van der Waals surface area contributed by atoms with Crippen LogP contribution in [0.4, 0.5) is 0 Å². The summed E-state index contributed by atoms with van der Waals surface area (Å²) in [7, 11) is 0. The first-order valence-corrected chi connectivity index (χ1v) is 7.82. The van der Waals surface area contributed by atoms with Crippen molar-refractivity contribution in [1.82, 2.24) is 15.1 Å². The van der Waals surface area contributed by atoms with Gasteiger partial charge < -0.3 is 4.74 Å². The molecule has 1 fully saturated rings. The van der Waals surface area contributed by atoms with Gasteiger partial charge in [0.1, 0.15) is 6.10 Å². The van der Waals surface area contributed by atoms with Gasteiger partial charge in [-0.3, -0.25) is 4.90 Å². The number of ether oxygens (including phenoxy) is 1. The number of likely N-dealkylation sites (tertiary alicyclic amines) is 1. The maximum Gasteiger partial charge on any atom is 0.295 e. The van der Waals surface area contributed by atoms with E-state index in [-0.39, 0.29) is 6.10 Å². The Morgan fingerprint density at radius 1 is 1.32 bits per heavy atom. The van der Waals surface area contributed by atoms with Gasteiger partial charge in [0, 0.05) is 19.6 Å². The zero-order chi connectivity index (χ0) is 13.1. The summed E-state index contributed by atoms with van der Waals surface area (Å²) in [5, 5.41) is 8.51. The van der Waals surface area contributed by atoms with E-state index in [2.05, 4.69) is 55.3 Å². The highest BCUT2D eigenvalue weighted by Gasteiger charge is 2.24. The summed E-state index contributed by atoms with van der Waals surface area (Å²) in [6.45, 7) is 3.01. The van der Waals surface area contributed by atoms with Crippen molar-refractivity contribution in [3.8, 4) is 5.19 Å². The average molecular weight is 340 g/mol. The van der Waals surface area contributed by atoms with Crippen molar-refractivity contribution >= 4 is 27.3 Å². The van der Waals surface area contributed by atoms with Crippen molar-refractivity contribution in [2.24, 2.45) is 0 Å². The SMILES string of the molecule is Brc1nnc(OC2CCN(Cc3ccccc3)C2)s1. The minimum absolute atomic E-state index is 0.226. The van der Waals surface area contributed by atoms with Gasteiger partial charge in [-0.15, -0.1) is 5.10 Å². The monoisotopic (exact) mass is 339 g/mol. The number of aromatic nitrogens is 2. The molecule has 4 nitrogen and oxygen atoms in total. The highest BCUT2D eigenvalue weighted by molar-refractivity contribution is 9.11. The number of hydrogen-bond donors (Lipinski definition) is 0. The summed E-state index contributed by atoms with van der Waals surface area (Å²) in [6.07, 6.45) is 1.27. The molecule has 0 bridgehead atoms. The quantitative estimate of drug-likeness (QED) is 0.858. The molecule has 0 N–H and O–H groups in total. The Kier molecular flexibility index (Phi) is 4.10. The van der Waals surface area contributed by atoms with Gasteiger partial charge in [0.25, 0.3) is 5.19 Å². The lowest BCUT2D eigenvalue weighted by atomic mass is 10.2. The third kappa shape index (κ3) is 3.52. The van der Waals surface area contributed by atoms with E-state index in [0.29, 0.717) is 5.19 Å². The second kappa shape index (κ2) is 5.98. The fourth-order valence-electron chi connectivity index (χ4n) is 2.26. The van der Waals surface area contributed by atoms with Crippen molar-refractivity contribution < 1.29 is 4.74 Å². The van der Waals surface area contributed by atoms with Gasteiger partial charge >= 0.3 is 0 Å². The Bertz CT molecular complexity index is 534. The minimum atomic E-state index is 0.226. The molecule has 1 saturated heterocycles. The van der Waals surface area contributed by atoms with Gasteiger partial charge in [-0.2, -0.15) is 0 Å². The molecule has 1 unspecified atom stereocenters. The first-order chi connectivity index (χ1) is 9.29. The van der Waals surface area contributed by atoms with Crippen LogP contribution in [0.1, 0.15) is 12.0 Å². The molecule has 0 amide bonds. The molecule has 0 spiro atoms. The van der Waals surface area contributed by atoms with Crippen molar-refractivity contribution in [3.05, 3.63) is 39.8 Å². The largest absolute Gasteiger partial charge is 0.464 e. The number of rotatable bonds is 4. The van der Waals surface area contributed by atoms with Crippen LogP contribution in [0.5, 0.6) is 5.19 Å². The lowest BCUT2D eigenvalue weighted by Crippen LogP contribution is -2.24. The Morgan fingerprint density at radius 3 is 2.89 bits per heavy atom. The maximum atomic E-state index is 5.84. The molecule has 6 heteroatoms. The van der Waals surface area contributed by atoms with Crippen LogP contribution in [0.15, 0.2) is 34.2 Å². The van der Waals surface area contributed by atoms with Gasteiger partial charge in [0.15, 0.2) is 3.92 Å². The maximum absolute atomic E-state index is 5.84. The van der Waals surface area contributed by atoms with Crippen LogP contribution < -0.4 is 4.74 Å². The van der Waals surface area contributed by atoms with Gasteiger partial charge in [-0.1, -0.05) is 35.4 Å². The van der Waals surface area contributed by atoms with Crippen molar-refractivity contribution in [2.75, 3.05) is 13.1 Å². The van der Waals surface area contributed by atoms with Crippen LogP contribution in [0.3, 0.4) is 0 Å². The Hall–Kier alpha value is -0.980. The van der Waals surface area contributed by atoms with Crippen LogP contribution >= 0.6 is 27.3 Å². The summed E-state index contributed by atoms with van der Waals surface area (Å²) in [5.41, 5.74) is 1.35. The van der Waals surface area contributed by atoms with Gasteiger partial charge in [0.05, 0.1) is 0 Å². The molecular formula is C13H14BrN3OS. The number of hydrogen-bond acceptors (Lipinski definition) is 5. The number of halogens is 1. The first kappa shape index (κ1) is 13.0. The van der Waals surface area contributed by atoms with E-state index < -0.39 is 0 Å². The zero-order valence-corrected chi connectivity index (χ0v) is 12.7. The van der Waals surface area contributed by atoms with Crippen LogP contribution in [0, 0.1) is 0 Å². The van der Waals surface area contributed by atoms with E-state index in [0.717, 1.165) is 30.0 Å². The molecule has 0 aliphatic carbocycles. The van der Waals surface area contributed by atoms with Crippen LogP contribution in [0.2, 0.25) is 0 Å². The van der Waals surface area contributed by atoms with Gasteiger partial charge in [-0.05, 0) is 39.3 Å². The van der Waals surface area contributed by atoms with Gasteiger partial charge in [0.2, 0.25) is 0 Å². The predicted octanol–water partition coefficient (Wildman–Crippen LogP) is 2.95. The molecule has 19 heavy (non-hydrogen) atoms. The number of nitrogens with zero attached hydrogens (tertiary/aromatic N) is 3. The molecule has 100 valence electrons. The summed E-state index contributed by atoms with van der Waals surface area (Å²) in [5.74, 6) is 0. The standard InChI is InChI=1S/C13H14BrN3OS/c14-12-15-16-13(19-12)18-11-6-7-17(9-11)8-10-4-2-1-3-5-10/h1-5,11H,6-9H2. The van der Waals surface area contributed by atoms with E-state index in [1.807, 2.05) is 6.07 Å². The Balaban J connectivity index is 1.53. The fourth-order valence-corrected chi connectivity index (χ4v) is 3.25. The van der Waals surface area contributed by atoms with Crippen LogP contribution in [0.25, 0.3) is 0 Å². The van der Waals surface area contributed by atoms with Crippen LogP contribution in [-0.2, 0) is 6.54 Å². The number of benzene rings is 1. The van der Waals surface area contributed by atoms with E-state index in [9.17, 15) is 0 Å². The molecule has 1 aromatic heterocycles. The Morgan fingerprint density at radius 2 is 2.16 bits per heavy atom. The zero-order valence-electron chi connectivity index (χ0n) is 10.3. The van der Waals surface area contributed by atoms with E-state index in [4.69, 9.17) is 4.74 Å². The molecule has 2 heterocycles. The van der Waals surface area contributed by atoms with E-state index >= 15 is 0 Å². The summed E-state index contributed by atoms with van der Waals surface area (Å²) in [4.78, 5) is 2.41. The van der Waals surface area contributed by atoms with Crippen LogP contribution in [-0.4, -0.2) is 34.3 Å². The summed E-state index contributed by atoms with van der Waals surface area (Å²) < 4.78 is 6.60. The molecule has 3 rings (SSSR count). The average Bonchev–Trinajstić information content (AvgIpc) is 3.01. The topological polar surface area (TPSA) is 38.3 Å². The smallest absolute Gasteiger partial charge is 0.295 e. The lowest BCUT2D eigenvalue weighted by molar-refractivity contribution is 0.196. The molecule has 1 aliphatic rings. The van der Waals surface area contributed by atoms with Crippen molar-refractivity contribution in [1.29, 1.82) is 0 Å². The third-order valence-corrected chi connectivity index (χ3v) is 4.37. The first-order valence-electron chi connectivity index (χ1n) is 6.21. The molecule has 0 saturated carbocycles. The second-order valence-electron chi connectivity index (χ2n) is 4.57. The summed E-state index contributed by atoms with van der Waals surface area (Å²) in [6, 6.07) is 10.5. The lowest BCUT2D eigenvalue weighted by Gasteiger charge is -2.15. The highest BCUT2D eigenvalue weighted by Crippen LogP contribution is 2.25. The molecule has 1 atom stereocenters. The minimum Gasteiger partial charge on any atom is -0.464 e. The van der Waals surface area contributed by atoms with E-state index in [1.54, 1.807) is 0 Å². The fraction of sp³-hybridized carbons (Fsp3) is 0.385. The second-order valence-corrected chi connectivity index (χ2v) is 6.79. The predicted molar refractivity (Wildman–Crippen MR) is 78.4 cm³/mol. The van der Waals surface area contributed by atoms with Crippen molar-refractivity contribution in [3.63, 3.8) is 0 Å². The molecule has 1 aromatic carbocycles. The van der Waals surface area contributed by atoms with Crippen molar-refractivity contribution in [2.45, 2.75) is 19.1 Å². The molecule has 2 aromatic rings. The molecular weight excluding hydrogens is 326 g/mol.